The van der Waals surface area contributed by atoms with Gasteiger partial charge in [0, 0.05) is 20.2 Å². The van der Waals surface area contributed by atoms with E-state index in [1.54, 1.807) is 24.3 Å². The van der Waals surface area contributed by atoms with E-state index < -0.39 is 11.9 Å². The second-order valence-electron chi connectivity index (χ2n) is 4.94. The highest BCUT2D eigenvalue weighted by Gasteiger charge is 2.19. The number of anilines is 2. The molecule has 5 N–H and O–H groups in total. The van der Waals surface area contributed by atoms with Gasteiger partial charge in [-0.1, -0.05) is 22.0 Å². The lowest BCUT2D eigenvalue weighted by Crippen LogP contribution is -2.21. The smallest absolute Gasteiger partial charge is 0.324 e. The van der Waals surface area contributed by atoms with E-state index in [4.69, 9.17) is 5.73 Å². The maximum Gasteiger partial charge on any atom is 0.324 e. The van der Waals surface area contributed by atoms with Crippen LogP contribution in [0.1, 0.15) is 10.4 Å². The minimum absolute atomic E-state index is 0.0740. The normalized spacial score (nSPS) is 10.5. The average Bonchev–Trinajstić information content (AvgIpc) is 2.83. The zero-order valence-electron chi connectivity index (χ0n) is 12.2. The van der Waals surface area contributed by atoms with Crippen LogP contribution in [0.2, 0.25) is 0 Å². The van der Waals surface area contributed by atoms with Crippen molar-refractivity contribution in [1.82, 2.24) is 0 Å². The first kappa shape index (κ1) is 16.3. The summed E-state index contributed by atoms with van der Waals surface area (Å²) in [6, 6.07) is 11.2. The number of carbonyl (C=O) groups excluding carboxylic acids is 2. The number of primary amides is 1. The highest BCUT2D eigenvalue weighted by molar-refractivity contribution is 9.10. The summed E-state index contributed by atoms with van der Waals surface area (Å²) < 4.78 is 1.48. The van der Waals surface area contributed by atoms with Gasteiger partial charge in [-0.2, -0.15) is 0 Å². The Morgan fingerprint density at radius 1 is 1.12 bits per heavy atom. The van der Waals surface area contributed by atoms with Gasteiger partial charge < -0.3 is 16.2 Å². The lowest BCUT2D eigenvalue weighted by molar-refractivity contribution is 0.100. The van der Waals surface area contributed by atoms with Crippen LogP contribution in [0.4, 0.5) is 15.5 Å². The summed E-state index contributed by atoms with van der Waals surface area (Å²) in [5.74, 6) is -0.574. The van der Waals surface area contributed by atoms with Gasteiger partial charge in [-0.3, -0.25) is 10.1 Å². The molecular formula is C16H12BrN3O3S. The van der Waals surface area contributed by atoms with E-state index in [0.29, 0.717) is 20.8 Å². The highest BCUT2D eigenvalue weighted by Crippen LogP contribution is 2.37. The Kier molecular flexibility index (Phi) is 4.41. The zero-order valence-corrected chi connectivity index (χ0v) is 14.6. The van der Waals surface area contributed by atoms with Gasteiger partial charge in [0.1, 0.15) is 10.8 Å². The number of aromatic hydroxyl groups is 1. The van der Waals surface area contributed by atoms with Crippen molar-refractivity contribution in [3.63, 3.8) is 0 Å². The Morgan fingerprint density at radius 2 is 1.92 bits per heavy atom. The van der Waals surface area contributed by atoms with Crippen molar-refractivity contribution in [2.45, 2.75) is 0 Å². The topological polar surface area (TPSA) is 104 Å². The number of benzene rings is 2. The maximum atomic E-state index is 12.2. The number of fused-ring (bicyclic) bond motifs is 1. The van der Waals surface area contributed by atoms with Crippen molar-refractivity contribution in [1.29, 1.82) is 0 Å². The predicted octanol–water partition coefficient (Wildman–Crippen LogP) is 4.11. The zero-order chi connectivity index (χ0) is 17.3. The molecule has 3 aromatic rings. The van der Waals surface area contributed by atoms with E-state index in [-0.39, 0.29) is 11.3 Å². The molecule has 0 aliphatic heterocycles. The predicted molar refractivity (Wildman–Crippen MR) is 98.8 cm³/mol. The minimum atomic E-state index is -0.648. The number of halogens is 1. The van der Waals surface area contributed by atoms with Gasteiger partial charge in [0.15, 0.2) is 0 Å². The van der Waals surface area contributed by atoms with Gasteiger partial charge in [0.25, 0.3) is 5.91 Å². The first-order valence-electron chi connectivity index (χ1n) is 6.83. The van der Waals surface area contributed by atoms with Gasteiger partial charge in [-0.05, 0) is 36.4 Å². The third kappa shape index (κ3) is 3.34. The standard InChI is InChI=1S/C16H12BrN3O3S/c17-8-2-1-3-9(6-8)19-16(23)20-15-13(14(18)22)11-5-4-10(21)7-12(11)24-15/h1-7,21H,(H2,18,22)(H2,19,20,23). The molecule has 24 heavy (non-hydrogen) atoms. The Balaban J connectivity index is 1.90. The Hall–Kier alpha value is -2.58. The maximum absolute atomic E-state index is 12.2. The molecule has 0 fully saturated rings. The fourth-order valence-corrected chi connectivity index (χ4v) is 3.78. The number of hydrogen-bond donors (Lipinski definition) is 4. The fourth-order valence-electron chi connectivity index (χ4n) is 2.25. The monoisotopic (exact) mass is 405 g/mol. The van der Waals surface area contributed by atoms with E-state index in [1.807, 2.05) is 6.07 Å². The molecule has 122 valence electrons. The summed E-state index contributed by atoms with van der Waals surface area (Å²) in [4.78, 5) is 23.9. The summed E-state index contributed by atoms with van der Waals surface area (Å²) in [5.41, 5.74) is 6.26. The van der Waals surface area contributed by atoms with Crippen molar-refractivity contribution in [2.24, 2.45) is 5.73 Å². The summed E-state index contributed by atoms with van der Waals surface area (Å²) in [6.07, 6.45) is 0. The molecule has 3 rings (SSSR count). The number of hydrogen-bond acceptors (Lipinski definition) is 4. The Morgan fingerprint density at radius 3 is 2.62 bits per heavy atom. The SMILES string of the molecule is NC(=O)c1c(NC(=O)Nc2cccc(Br)c2)sc2cc(O)ccc12. The number of rotatable bonds is 3. The number of phenols is 1. The van der Waals surface area contributed by atoms with Crippen molar-refractivity contribution < 1.29 is 14.7 Å². The average molecular weight is 406 g/mol. The summed E-state index contributed by atoms with van der Waals surface area (Å²) >= 11 is 4.49. The van der Waals surface area contributed by atoms with Crippen molar-refractivity contribution in [3.05, 3.63) is 52.5 Å². The molecule has 0 atom stereocenters. The van der Waals surface area contributed by atoms with E-state index in [1.165, 1.54) is 23.5 Å². The summed E-state index contributed by atoms with van der Waals surface area (Å²) in [7, 11) is 0. The second-order valence-corrected chi connectivity index (χ2v) is 6.91. The molecule has 0 unspecified atom stereocenters. The number of thiophene rings is 1. The molecule has 0 saturated heterocycles. The number of urea groups is 1. The number of nitrogens with one attached hydrogen (secondary N) is 2. The molecular weight excluding hydrogens is 394 g/mol. The van der Waals surface area contributed by atoms with Crippen LogP contribution in [0.3, 0.4) is 0 Å². The molecule has 1 aromatic heterocycles. The van der Waals surface area contributed by atoms with Crippen molar-refractivity contribution in [2.75, 3.05) is 10.6 Å². The molecule has 8 heteroatoms. The molecule has 0 aliphatic carbocycles. The molecule has 6 nitrogen and oxygen atoms in total. The van der Waals surface area contributed by atoms with E-state index in [9.17, 15) is 14.7 Å². The van der Waals surface area contributed by atoms with Crippen LogP contribution in [-0.2, 0) is 0 Å². The first-order valence-corrected chi connectivity index (χ1v) is 8.44. The van der Waals surface area contributed by atoms with E-state index >= 15 is 0 Å². The van der Waals surface area contributed by atoms with Gasteiger partial charge in [-0.25, -0.2) is 4.79 Å². The van der Waals surface area contributed by atoms with Crippen LogP contribution in [0.25, 0.3) is 10.1 Å². The lowest BCUT2D eigenvalue weighted by Gasteiger charge is -2.07. The number of carbonyl (C=O) groups is 2. The molecule has 2 aromatic carbocycles. The van der Waals surface area contributed by atoms with Crippen LogP contribution < -0.4 is 16.4 Å². The highest BCUT2D eigenvalue weighted by atomic mass is 79.9. The Bertz CT molecular complexity index is 955. The van der Waals surface area contributed by atoms with Crippen LogP contribution in [-0.4, -0.2) is 17.0 Å². The summed E-state index contributed by atoms with van der Waals surface area (Å²) in [5, 5.41) is 15.8. The van der Waals surface area contributed by atoms with Gasteiger partial charge >= 0.3 is 6.03 Å². The molecule has 1 heterocycles. The minimum Gasteiger partial charge on any atom is -0.508 e. The van der Waals surface area contributed by atoms with E-state index in [2.05, 4.69) is 26.6 Å². The molecule has 0 bridgehead atoms. The fraction of sp³-hybridized carbons (Fsp3) is 0. The van der Waals surface area contributed by atoms with Crippen LogP contribution >= 0.6 is 27.3 Å². The second kappa shape index (κ2) is 6.50. The van der Waals surface area contributed by atoms with Gasteiger partial charge in [-0.15, -0.1) is 11.3 Å². The molecule has 0 radical (unpaired) electrons. The molecule has 0 spiro atoms. The van der Waals surface area contributed by atoms with Gasteiger partial charge in [0.05, 0.1) is 5.56 Å². The number of amides is 3. The lowest BCUT2D eigenvalue weighted by atomic mass is 10.1. The number of nitrogens with two attached hydrogens (primary N) is 1. The first-order chi connectivity index (χ1) is 11.4. The Labute approximate surface area is 149 Å². The third-order valence-corrected chi connectivity index (χ3v) is 4.79. The molecule has 3 amide bonds. The molecule has 0 aliphatic rings. The van der Waals surface area contributed by atoms with Crippen LogP contribution in [0.15, 0.2) is 46.9 Å². The van der Waals surface area contributed by atoms with Crippen LogP contribution in [0, 0.1) is 0 Å². The third-order valence-electron chi connectivity index (χ3n) is 3.23. The van der Waals surface area contributed by atoms with Crippen LogP contribution in [0.5, 0.6) is 5.75 Å². The van der Waals surface area contributed by atoms with E-state index in [0.717, 1.165) is 4.47 Å². The van der Waals surface area contributed by atoms with Crippen molar-refractivity contribution >= 4 is 60.0 Å². The number of phenolic OH excluding ortho intramolecular Hbond substituents is 1. The molecule has 0 saturated carbocycles. The van der Waals surface area contributed by atoms with Crippen molar-refractivity contribution in [3.8, 4) is 5.75 Å². The van der Waals surface area contributed by atoms with Gasteiger partial charge in [0.2, 0.25) is 0 Å². The quantitative estimate of drug-likeness (QED) is 0.526. The summed E-state index contributed by atoms with van der Waals surface area (Å²) in [6.45, 7) is 0. The largest absolute Gasteiger partial charge is 0.508 e.